The second-order valence-electron chi connectivity index (χ2n) is 5.27. The first-order valence-corrected chi connectivity index (χ1v) is 7.94. The fraction of sp³-hybridized carbons (Fsp3) is 0.467. The Kier molecular flexibility index (Phi) is 3.98. The molecule has 2 atom stereocenters. The molecule has 1 aliphatic rings. The Hall–Kier alpha value is -1.46. The highest BCUT2D eigenvalue weighted by Gasteiger charge is 2.25. The van der Waals surface area contributed by atoms with E-state index >= 15 is 0 Å². The number of fused-ring (bicyclic) bond motifs is 1. The molecule has 2 aromatic heterocycles. The van der Waals surface area contributed by atoms with Crippen molar-refractivity contribution in [1.29, 1.82) is 0 Å². The standard InChI is InChI=1S/C15H19N3OS/c1-2-10-3-5-16-8-12(10)18-15(19)13-7-11-4-6-17-9-14(11)20-13/h4,6-7,9-10,12,16H,2-3,5,8H2,1H3,(H,18,19). The number of aromatic nitrogens is 1. The molecular weight excluding hydrogens is 270 g/mol. The number of pyridine rings is 1. The van der Waals surface area contributed by atoms with Crippen LogP contribution in [0.4, 0.5) is 0 Å². The Morgan fingerprint density at radius 3 is 3.30 bits per heavy atom. The van der Waals surface area contributed by atoms with E-state index in [9.17, 15) is 4.79 Å². The minimum atomic E-state index is 0.0401. The second kappa shape index (κ2) is 5.89. The van der Waals surface area contributed by atoms with Crippen LogP contribution in [0, 0.1) is 5.92 Å². The van der Waals surface area contributed by atoms with Crippen molar-refractivity contribution in [2.75, 3.05) is 13.1 Å². The summed E-state index contributed by atoms with van der Waals surface area (Å²) in [6, 6.07) is 4.14. The van der Waals surface area contributed by atoms with Gasteiger partial charge in [0.2, 0.25) is 0 Å². The molecule has 1 aliphatic heterocycles. The zero-order chi connectivity index (χ0) is 13.9. The predicted octanol–water partition coefficient (Wildman–Crippen LogP) is 2.41. The average Bonchev–Trinajstić information content (AvgIpc) is 2.92. The lowest BCUT2D eigenvalue weighted by Crippen LogP contribution is -2.50. The van der Waals surface area contributed by atoms with Crippen molar-refractivity contribution in [2.45, 2.75) is 25.8 Å². The van der Waals surface area contributed by atoms with Crippen LogP contribution in [0.1, 0.15) is 29.4 Å². The van der Waals surface area contributed by atoms with Crippen LogP contribution in [-0.4, -0.2) is 30.0 Å². The van der Waals surface area contributed by atoms with Gasteiger partial charge < -0.3 is 10.6 Å². The Labute approximate surface area is 122 Å². The molecule has 1 saturated heterocycles. The van der Waals surface area contributed by atoms with Crippen molar-refractivity contribution in [1.82, 2.24) is 15.6 Å². The van der Waals surface area contributed by atoms with Gasteiger partial charge in [0, 0.05) is 25.0 Å². The molecule has 20 heavy (non-hydrogen) atoms. The highest BCUT2D eigenvalue weighted by molar-refractivity contribution is 7.20. The fourth-order valence-corrected chi connectivity index (χ4v) is 3.74. The van der Waals surface area contributed by atoms with Gasteiger partial charge in [0.25, 0.3) is 5.91 Å². The first kappa shape index (κ1) is 13.5. The molecule has 4 nitrogen and oxygen atoms in total. The van der Waals surface area contributed by atoms with Crippen molar-refractivity contribution in [3.05, 3.63) is 29.4 Å². The highest BCUT2D eigenvalue weighted by Crippen LogP contribution is 2.25. The largest absolute Gasteiger partial charge is 0.347 e. The molecule has 1 fully saturated rings. The lowest BCUT2D eigenvalue weighted by Gasteiger charge is -2.32. The smallest absolute Gasteiger partial charge is 0.261 e. The van der Waals surface area contributed by atoms with E-state index in [1.165, 1.54) is 11.3 Å². The van der Waals surface area contributed by atoms with Crippen molar-refractivity contribution in [3.63, 3.8) is 0 Å². The van der Waals surface area contributed by atoms with E-state index < -0.39 is 0 Å². The lowest BCUT2D eigenvalue weighted by atomic mass is 9.90. The summed E-state index contributed by atoms with van der Waals surface area (Å²) in [5.41, 5.74) is 0. The Balaban J connectivity index is 1.75. The van der Waals surface area contributed by atoms with Crippen LogP contribution in [0.5, 0.6) is 0 Å². The maximum absolute atomic E-state index is 12.4. The summed E-state index contributed by atoms with van der Waals surface area (Å²) in [5.74, 6) is 0.620. The molecule has 2 aromatic rings. The summed E-state index contributed by atoms with van der Waals surface area (Å²) in [4.78, 5) is 17.3. The molecule has 0 bridgehead atoms. The lowest BCUT2D eigenvalue weighted by molar-refractivity contribution is 0.0914. The summed E-state index contributed by atoms with van der Waals surface area (Å²) in [7, 11) is 0. The maximum atomic E-state index is 12.4. The number of hydrogen-bond donors (Lipinski definition) is 2. The van der Waals surface area contributed by atoms with E-state index in [4.69, 9.17) is 0 Å². The molecule has 0 spiro atoms. The summed E-state index contributed by atoms with van der Waals surface area (Å²) in [6.45, 7) is 4.12. The minimum absolute atomic E-state index is 0.0401. The van der Waals surface area contributed by atoms with Crippen molar-refractivity contribution in [2.24, 2.45) is 5.92 Å². The third-order valence-corrected chi connectivity index (χ3v) is 5.10. The molecule has 0 saturated carbocycles. The third-order valence-electron chi connectivity index (χ3n) is 4.01. The van der Waals surface area contributed by atoms with Gasteiger partial charge in [-0.05, 0) is 36.4 Å². The number of thiophene rings is 1. The number of carbonyl (C=O) groups is 1. The second-order valence-corrected chi connectivity index (χ2v) is 6.35. The van der Waals surface area contributed by atoms with Crippen LogP contribution >= 0.6 is 11.3 Å². The monoisotopic (exact) mass is 289 g/mol. The minimum Gasteiger partial charge on any atom is -0.347 e. The Bertz CT molecular complexity index is 577. The molecular formula is C15H19N3OS. The normalized spacial score (nSPS) is 22.9. The number of amides is 1. The van der Waals surface area contributed by atoms with Crippen molar-refractivity contribution in [3.8, 4) is 0 Å². The van der Waals surface area contributed by atoms with Gasteiger partial charge >= 0.3 is 0 Å². The predicted molar refractivity (Wildman–Crippen MR) is 82.1 cm³/mol. The summed E-state index contributed by atoms with van der Waals surface area (Å²) in [6.07, 6.45) is 5.82. The number of nitrogens with zero attached hydrogens (tertiary/aromatic N) is 1. The first-order chi connectivity index (χ1) is 9.78. The number of nitrogens with one attached hydrogen (secondary N) is 2. The van der Waals surface area contributed by atoms with Crippen LogP contribution in [0.3, 0.4) is 0 Å². The average molecular weight is 289 g/mol. The van der Waals surface area contributed by atoms with E-state index in [1.807, 2.05) is 18.3 Å². The van der Waals surface area contributed by atoms with E-state index in [-0.39, 0.29) is 11.9 Å². The molecule has 3 heterocycles. The Morgan fingerprint density at radius 2 is 2.50 bits per heavy atom. The first-order valence-electron chi connectivity index (χ1n) is 7.13. The number of hydrogen-bond acceptors (Lipinski definition) is 4. The van der Waals surface area contributed by atoms with Gasteiger partial charge in [-0.3, -0.25) is 9.78 Å². The van der Waals surface area contributed by atoms with Gasteiger partial charge in [-0.15, -0.1) is 11.3 Å². The zero-order valence-corrected chi connectivity index (χ0v) is 12.4. The molecule has 0 radical (unpaired) electrons. The summed E-state index contributed by atoms with van der Waals surface area (Å²) < 4.78 is 1.06. The molecule has 0 aromatic carbocycles. The number of piperidine rings is 1. The van der Waals surface area contributed by atoms with Crippen LogP contribution in [0.15, 0.2) is 24.5 Å². The Morgan fingerprint density at radius 1 is 1.60 bits per heavy atom. The molecule has 2 N–H and O–H groups in total. The van der Waals surface area contributed by atoms with Crippen LogP contribution in [0.25, 0.3) is 10.1 Å². The van der Waals surface area contributed by atoms with Crippen LogP contribution < -0.4 is 10.6 Å². The highest BCUT2D eigenvalue weighted by atomic mass is 32.1. The maximum Gasteiger partial charge on any atom is 0.261 e. The number of carbonyl (C=O) groups excluding carboxylic acids is 1. The third kappa shape index (κ3) is 2.69. The molecule has 2 unspecified atom stereocenters. The topological polar surface area (TPSA) is 54.0 Å². The fourth-order valence-electron chi connectivity index (χ4n) is 2.81. The van der Waals surface area contributed by atoms with E-state index in [2.05, 4.69) is 22.5 Å². The van der Waals surface area contributed by atoms with E-state index in [1.54, 1.807) is 6.20 Å². The molecule has 1 amide bonds. The summed E-state index contributed by atoms with van der Waals surface area (Å²) in [5, 5.41) is 7.63. The van der Waals surface area contributed by atoms with Gasteiger partial charge in [-0.1, -0.05) is 13.3 Å². The summed E-state index contributed by atoms with van der Waals surface area (Å²) >= 11 is 1.51. The van der Waals surface area contributed by atoms with Gasteiger partial charge in [0.05, 0.1) is 9.58 Å². The van der Waals surface area contributed by atoms with Gasteiger partial charge in [0.1, 0.15) is 0 Å². The van der Waals surface area contributed by atoms with Gasteiger partial charge in [-0.25, -0.2) is 0 Å². The van der Waals surface area contributed by atoms with Crippen molar-refractivity contribution >= 4 is 27.3 Å². The SMILES string of the molecule is CCC1CCNCC1NC(=O)c1cc2ccncc2s1. The van der Waals surface area contributed by atoms with Crippen LogP contribution in [-0.2, 0) is 0 Å². The van der Waals surface area contributed by atoms with E-state index in [0.717, 1.165) is 40.9 Å². The molecule has 0 aliphatic carbocycles. The number of rotatable bonds is 3. The zero-order valence-electron chi connectivity index (χ0n) is 11.6. The van der Waals surface area contributed by atoms with Gasteiger partial charge in [-0.2, -0.15) is 0 Å². The van der Waals surface area contributed by atoms with Gasteiger partial charge in [0.15, 0.2) is 0 Å². The quantitative estimate of drug-likeness (QED) is 0.912. The van der Waals surface area contributed by atoms with Crippen molar-refractivity contribution < 1.29 is 4.79 Å². The van der Waals surface area contributed by atoms with Crippen LogP contribution in [0.2, 0.25) is 0 Å². The molecule has 5 heteroatoms. The molecule has 106 valence electrons. The van der Waals surface area contributed by atoms with E-state index in [0.29, 0.717) is 5.92 Å². The molecule has 3 rings (SSSR count).